The van der Waals surface area contributed by atoms with Gasteiger partial charge in [-0.2, -0.15) is 0 Å². The van der Waals surface area contributed by atoms with Gasteiger partial charge in [-0.15, -0.1) is 0 Å². The average molecular weight is 283 g/mol. The van der Waals surface area contributed by atoms with Crippen molar-refractivity contribution in [2.45, 2.75) is 72.8 Å². The number of hydrogen-bond donors (Lipinski definition) is 1. The van der Waals surface area contributed by atoms with Gasteiger partial charge in [0.1, 0.15) is 0 Å². The van der Waals surface area contributed by atoms with Crippen molar-refractivity contribution in [2.75, 3.05) is 26.7 Å². The van der Waals surface area contributed by atoms with Crippen molar-refractivity contribution in [3.05, 3.63) is 0 Å². The molecule has 0 aromatic rings. The number of rotatable bonds is 7. The molecule has 1 aliphatic carbocycles. The molecule has 2 nitrogen and oxygen atoms in total. The van der Waals surface area contributed by atoms with Gasteiger partial charge in [-0.1, -0.05) is 34.6 Å². The Morgan fingerprint density at radius 3 is 2.10 bits per heavy atom. The van der Waals surface area contributed by atoms with E-state index in [1.807, 2.05) is 0 Å². The molecule has 1 N–H and O–H groups in total. The molecule has 0 bridgehead atoms. The Hall–Kier alpha value is -0.0800. The Morgan fingerprint density at radius 1 is 1.05 bits per heavy atom. The fourth-order valence-corrected chi connectivity index (χ4v) is 3.89. The van der Waals surface area contributed by atoms with Crippen LogP contribution in [0.1, 0.15) is 66.7 Å². The van der Waals surface area contributed by atoms with Gasteiger partial charge < -0.3 is 10.2 Å². The summed E-state index contributed by atoms with van der Waals surface area (Å²) in [5, 5.41) is 3.59. The first-order chi connectivity index (χ1) is 9.42. The summed E-state index contributed by atoms with van der Waals surface area (Å²) in [6.07, 6.45) is 6.71. The molecule has 0 aliphatic heterocycles. The third-order valence-corrected chi connectivity index (χ3v) is 5.15. The van der Waals surface area contributed by atoms with E-state index in [2.05, 4.69) is 51.9 Å². The maximum Gasteiger partial charge on any atom is 0.0105 e. The van der Waals surface area contributed by atoms with Crippen molar-refractivity contribution in [1.29, 1.82) is 0 Å². The quantitative estimate of drug-likeness (QED) is 0.754. The van der Waals surface area contributed by atoms with Crippen molar-refractivity contribution >= 4 is 0 Å². The Kier molecular flexibility index (Phi) is 7.53. The van der Waals surface area contributed by atoms with E-state index in [-0.39, 0.29) is 0 Å². The average Bonchev–Trinajstić information content (AvgIpc) is 2.38. The van der Waals surface area contributed by atoms with Gasteiger partial charge in [-0.3, -0.25) is 0 Å². The van der Waals surface area contributed by atoms with Gasteiger partial charge in [0, 0.05) is 12.6 Å². The molecular weight excluding hydrogens is 244 g/mol. The van der Waals surface area contributed by atoms with E-state index < -0.39 is 0 Å². The highest BCUT2D eigenvalue weighted by Gasteiger charge is 2.35. The van der Waals surface area contributed by atoms with E-state index in [0.29, 0.717) is 5.41 Å². The predicted octanol–water partition coefficient (Wildman–Crippen LogP) is 4.16. The van der Waals surface area contributed by atoms with E-state index in [1.165, 1.54) is 51.7 Å². The molecule has 1 saturated carbocycles. The molecule has 0 spiro atoms. The molecule has 2 heteroatoms. The largest absolute Gasteiger partial charge is 0.317 e. The molecule has 120 valence electrons. The Labute approximate surface area is 127 Å². The van der Waals surface area contributed by atoms with Crippen molar-refractivity contribution in [3.8, 4) is 0 Å². The minimum atomic E-state index is 0.470. The lowest BCUT2D eigenvalue weighted by atomic mass is 9.67. The van der Waals surface area contributed by atoms with E-state index in [4.69, 9.17) is 0 Å². The van der Waals surface area contributed by atoms with Crippen molar-refractivity contribution in [3.63, 3.8) is 0 Å². The first-order valence-corrected chi connectivity index (χ1v) is 8.81. The molecule has 0 radical (unpaired) electrons. The molecule has 0 saturated heterocycles. The molecule has 1 aliphatic rings. The normalized spacial score (nSPS) is 28.1. The smallest absolute Gasteiger partial charge is 0.0105 e. The van der Waals surface area contributed by atoms with Gasteiger partial charge in [0.25, 0.3) is 0 Å². The van der Waals surface area contributed by atoms with Crippen LogP contribution in [0.15, 0.2) is 0 Å². The van der Waals surface area contributed by atoms with E-state index in [0.717, 1.165) is 17.9 Å². The molecule has 1 rings (SSSR count). The fourth-order valence-electron chi connectivity index (χ4n) is 3.89. The van der Waals surface area contributed by atoms with Crippen LogP contribution in [0.5, 0.6) is 0 Å². The third kappa shape index (κ3) is 5.37. The Balaban J connectivity index is 2.65. The molecule has 0 amide bonds. The van der Waals surface area contributed by atoms with Crippen molar-refractivity contribution in [2.24, 2.45) is 17.3 Å². The monoisotopic (exact) mass is 282 g/mol. The summed E-state index contributed by atoms with van der Waals surface area (Å²) in [6, 6.07) is 0.727. The summed E-state index contributed by atoms with van der Waals surface area (Å²) in [7, 11) is 2.15. The summed E-state index contributed by atoms with van der Waals surface area (Å²) in [5.41, 5.74) is 0.470. The number of nitrogens with one attached hydrogen (secondary N) is 1. The van der Waals surface area contributed by atoms with Crippen LogP contribution >= 0.6 is 0 Å². The summed E-state index contributed by atoms with van der Waals surface area (Å²) in [4.78, 5) is 2.69. The summed E-state index contributed by atoms with van der Waals surface area (Å²) >= 11 is 0. The van der Waals surface area contributed by atoms with E-state index in [9.17, 15) is 0 Å². The standard InChI is InChI=1S/C18H38N2/c1-7-11-20(12-8-2)14-15-13-16(18(3,4)5)9-10-17(15)19-6/h15-17,19H,7-14H2,1-6H3. The van der Waals surface area contributed by atoms with Gasteiger partial charge in [0.15, 0.2) is 0 Å². The van der Waals surface area contributed by atoms with Crippen LogP contribution in [-0.4, -0.2) is 37.6 Å². The van der Waals surface area contributed by atoms with Crippen LogP contribution < -0.4 is 5.32 Å². The van der Waals surface area contributed by atoms with Gasteiger partial charge in [-0.25, -0.2) is 0 Å². The summed E-state index contributed by atoms with van der Waals surface area (Å²) in [6.45, 7) is 15.7. The second-order valence-corrected chi connectivity index (χ2v) is 7.83. The SMILES string of the molecule is CCCN(CCC)CC1CC(C(C)(C)C)CCC1NC. The zero-order valence-electron chi connectivity index (χ0n) is 14.8. The molecule has 20 heavy (non-hydrogen) atoms. The molecule has 0 heterocycles. The van der Waals surface area contributed by atoms with Crippen LogP contribution in [0.4, 0.5) is 0 Å². The zero-order valence-corrected chi connectivity index (χ0v) is 14.8. The minimum absolute atomic E-state index is 0.470. The van der Waals surface area contributed by atoms with Crippen LogP contribution in [-0.2, 0) is 0 Å². The van der Waals surface area contributed by atoms with Crippen LogP contribution in [0.25, 0.3) is 0 Å². The van der Waals surface area contributed by atoms with Crippen molar-refractivity contribution < 1.29 is 0 Å². The predicted molar refractivity (Wildman–Crippen MR) is 90.2 cm³/mol. The van der Waals surface area contributed by atoms with Crippen molar-refractivity contribution in [1.82, 2.24) is 10.2 Å². The number of hydrogen-bond acceptors (Lipinski definition) is 2. The zero-order chi connectivity index (χ0) is 15.2. The summed E-state index contributed by atoms with van der Waals surface area (Å²) in [5.74, 6) is 1.72. The Morgan fingerprint density at radius 2 is 1.65 bits per heavy atom. The first-order valence-electron chi connectivity index (χ1n) is 8.81. The fraction of sp³-hybridized carbons (Fsp3) is 1.00. The van der Waals surface area contributed by atoms with Gasteiger partial charge in [0.05, 0.1) is 0 Å². The van der Waals surface area contributed by atoms with Gasteiger partial charge in [-0.05, 0) is 69.5 Å². The second kappa shape index (κ2) is 8.38. The molecule has 3 unspecified atom stereocenters. The van der Waals surface area contributed by atoms with Gasteiger partial charge >= 0.3 is 0 Å². The molecule has 0 aromatic heterocycles. The van der Waals surface area contributed by atoms with Gasteiger partial charge in [0.2, 0.25) is 0 Å². The number of nitrogens with zero attached hydrogens (tertiary/aromatic N) is 1. The second-order valence-electron chi connectivity index (χ2n) is 7.83. The third-order valence-electron chi connectivity index (χ3n) is 5.15. The summed E-state index contributed by atoms with van der Waals surface area (Å²) < 4.78 is 0. The van der Waals surface area contributed by atoms with Crippen LogP contribution in [0.2, 0.25) is 0 Å². The van der Waals surface area contributed by atoms with Crippen LogP contribution in [0, 0.1) is 17.3 Å². The van der Waals surface area contributed by atoms with Crippen LogP contribution in [0.3, 0.4) is 0 Å². The van der Waals surface area contributed by atoms with E-state index >= 15 is 0 Å². The highest BCUT2D eigenvalue weighted by Crippen LogP contribution is 2.40. The molecular formula is C18H38N2. The first kappa shape index (κ1) is 18.0. The minimum Gasteiger partial charge on any atom is -0.317 e. The lowest BCUT2D eigenvalue weighted by Crippen LogP contribution is -2.46. The molecule has 3 atom stereocenters. The van der Waals surface area contributed by atoms with E-state index in [1.54, 1.807) is 0 Å². The highest BCUT2D eigenvalue weighted by molar-refractivity contribution is 4.89. The molecule has 0 aromatic carbocycles. The highest BCUT2D eigenvalue weighted by atomic mass is 15.1. The Bertz CT molecular complexity index is 251. The lowest BCUT2D eigenvalue weighted by Gasteiger charge is -2.43. The lowest BCUT2D eigenvalue weighted by molar-refractivity contribution is 0.0895. The maximum atomic E-state index is 3.59. The maximum absolute atomic E-state index is 3.59. The molecule has 1 fully saturated rings. The topological polar surface area (TPSA) is 15.3 Å².